The molecule has 33 heavy (non-hydrogen) atoms. The highest BCUT2D eigenvalue weighted by molar-refractivity contribution is 5.94. The second kappa shape index (κ2) is 9.25. The topological polar surface area (TPSA) is 55.8 Å². The molecule has 1 amide bonds. The van der Waals surface area contributed by atoms with Crippen LogP contribution >= 0.6 is 0 Å². The largest absolute Gasteiger partial charge is 0.356 e. The van der Waals surface area contributed by atoms with Crippen molar-refractivity contribution in [1.29, 1.82) is 0 Å². The smallest absolute Gasteiger partial charge is 0.254 e. The average molecular weight is 453 g/mol. The van der Waals surface area contributed by atoms with Crippen LogP contribution in [0.3, 0.4) is 0 Å². The number of likely N-dealkylation sites (N-methyl/N-ethyl adjacent to an activating group) is 1. The molecule has 3 aliphatic heterocycles. The van der Waals surface area contributed by atoms with Gasteiger partial charge in [0, 0.05) is 63.4 Å². The van der Waals surface area contributed by atoms with Gasteiger partial charge < -0.3 is 19.6 Å². The van der Waals surface area contributed by atoms with E-state index in [1.807, 2.05) is 4.90 Å². The number of benzene rings is 1. The Morgan fingerprint density at radius 1 is 1.00 bits per heavy atom. The first-order valence-electron chi connectivity index (χ1n) is 12.1. The van der Waals surface area contributed by atoms with Crippen molar-refractivity contribution in [3.8, 4) is 0 Å². The lowest BCUT2D eigenvalue weighted by atomic mass is 9.98. The molecule has 5 rings (SSSR count). The number of halogens is 1. The Kier molecular flexibility index (Phi) is 6.19. The molecule has 3 aliphatic rings. The maximum absolute atomic E-state index is 13.7. The highest BCUT2D eigenvalue weighted by Crippen LogP contribution is 2.32. The van der Waals surface area contributed by atoms with Crippen LogP contribution in [0.4, 0.5) is 16.2 Å². The Balaban J connectivity index is 1.46. The van der Waals surface area contributed by atoms with Gasteiger partial charge in [0.15, 0.2) is 0 Å². The van der Waals surface area contributed by atoms with Crippen LogP contribution in [0.15, 0.2) is 24.3 Å². The molecule has 1 aromatic carbocycles. The first kappa shape index (κ1) is 22.1. The molecule has 176 valence electrons. The summed E-state index contributed by atoms with van der Waals surface area (Å²) in [6, 6.07) is 5.95. The molecule has 0 saturated carbocycles. The molecular weight excluding hydrogens is 419 g/mol. The van der Waals surface area contributed by atoms with Gasteiger partial charge in [-0.25, -0.2) is 9.37 Å². The molecule has 7 nitrogen and oxygen atoms in total. The van der Waals surface area contributed by atoms with Crippen molar-refractivity contribution in [3.63, 3.8) is 0 Å². The number of piperazine rings is 1. The highest BCUT2D eigenvalue weighted by Gasteiger charge is 2.30. The number of hydrogen-bond acceptors (Lipinski definition) is 6. The van der Waals surface area contributed by atoms with Crippen LogP contribution in [0, 0.1) is 11.7 Å². The molecular formula is C25H33FN6O. The Labute approximate surface area is 195 Å². The van der Waals surface area contributed by atoms with Crippen LogP contribution in [0.5, 0.6) is 0 Å². The molecule has 0 atom stereocenters. The van der Waals surface area contributed by atoms with E-state index < -0.39 is 0 Å². The molecule has 0 radical (unpaired) electrons. The van der Waals surface area contributed by atoms with E-state index in [1.165, 1.54) is 12.1 Å². The number of nitrogens with zero attached hydrogens (tertiary/aromatic N) is 6. The summed E-state index contributed by atoms with van der Waals surface area (Å²) in [6.45, 7) is 9.18. The number of anilines is 2. The maximum Gasteiger partial charge on any atom is 0.254 e. The van der Waals surface area contributed by atoms with Gasteiger partial charge in [-0.2, -0.15) is 4.98 Å². The average Bonchev–Trinajstić information content (AvgIpc) is 2.83. The number of rotatable bonds is 3. The van der Waals surface area contributed by atoms with Crippen molar-refractivity contribution < 1.29 is 9.18 Å². The predicted molar refractivity (Wildman–Crippen MR) is 127 cm³/mol. The molecule has 2 aromatic rings. The van der Waals surface area contributed by atoms with Gasteiger partial charge in [-0.1, -0.05) is 13.0 Å². The number of amides is 1. The van der Waals surface area contributed by atoms with Crippen LogP contribution in [0.25, 0.3) is 0 Å². The van der Waals surface area contributed by atoms with Gasteiger partial charge in [0.1, 0.15) is 11.6 Å². The van der Waals surface area contributed by atoms with Crippen LogP contribution in [0.2, 0.25) is 0 Å². The lowest BCUT2D eigenvalue weighted by molar-refractivity contribution is 0.0733. The molecule has 8 heteroatoms. The van der Waals surface area contributed by atoms with E-state index in [2.05, 4.69) is 28.7 Å². The molecule has 0 aliphatic carbocycles. The molecule has 0 spiro atoms. The van der Waals surface area contributed by atoms with E-state index in [4.69, 9.17) is 9.97 Å². The van der Waals surface area contributed by atoms with Crippen molar-refractivity contribution in [2.24, 2.45) is 5.92 Å². The molecule has 2 saturated heterocycles. The van der Waals surface area contributed by atoms with Crippen LogP contribution in [0.1, 0.15) is 41.4 Å². The van der Waals surface area contributed by atoms with Crippen molar-refractivity contribution in [2.75, 3.05) is 62.7 Å². The zero-order valence-corrected chi connectivity index (χ0v) is 19.6. The number of carbonyl (C=O) groups is 1. The Bertz CT molecular complexity index is 1010. The standard InChI is InChI=1S/C25H33FN6O/c1-18-6-9-30(10-7-18)23-21-17-32(24(33)19-4-3-5-20(26)16-19)11-8-22(21)27-25(28-23)31-14-12-29(2)13-15-31/h3-5,16,18H,6-15,17H2,1-2H3. The Morgan fingerprint density at radius 3 is 2.48 bits per heavy atom. The van der Waals surface area contributed by atoms with Gasteiger partial charge in [-0.05, 0) is 44.0 Å². The van der Waals surface area contributed by atoms with E-state index in [-0.39, 0.29) is 11.7 Å². The molecule has 4 heterocycles. The lowest BCUT2D eigenvalue weighted by Gasteiger charge is -2.38. The van der Waals surface area contributed by atoms with E-state index in [0.29, 0.717) is 25.1 Å². The van der Waals surface area contributed by atoms with Crippen molar-refractivity contribution in [1.82, 2.24) is 19.8 Å². The SMILES string of the molecule is CC1CCN(c2nc(N3CCN(C)CC3)nc3c2CN(C(=O)c2cccc(F)c2)CC3)CC1. The first-order valence-corrected chi connectivity index (χ1v) is 12.1. The molecule has 0 unspecified atom stereocenters. The van der Waals surface area contributed by atoms with E-state index in [9.17, 15) is 9.18 Å². The van der Waals surface area contributed by atoms with E-state index in [0.717, 1.165) is 81.1 Å². The maximum atomic E-state index is 13.7. The number of aromatic nitrogens is 2. The number of carbonyl (C=O) groups excluding carboxylic acids is 1. The van der Waals surface area contributed by atoms with Gasteiger partial charge >= 0.3 is 0 Å². The summed E-state index contributed by atoms with van der Waals surface area (Å²) in [7, 11) is 2.15. The lowest BCUT2D eigenvalue weighted by Crippen LogP contribution is -2.46. The fourth-order valence-corrected chi connectivity index (χ4v) is 4.99. The quantitative estimate of drug-likeness (QED) is 0.714. The number of hydrogen-bond donors (Lipinski definition) is 0. The van der Waals surface area contributed by atoms with Crippen LogP contribution in [-0.4, -0.2) is 78.5 Å². The minimum Gasteiger partial charge on any atom is -0.356 e. The summed E-state index contributed by atoms with van der Waals surface area (Å²) in [5.41, 5.74) is 2.50. The van der Waals surface area contributed by atoms with Crippen molar-refractivity contribution in [2.45, 2.75) is 32.7 Å². The monoisotopic (exact) mass is 452 g/mol. The fraction of sp³-hybridized carbons (Fsp3) is 0.560. The third-order valence-electron chi connectivity index (χ3n) is 7.25. The predicted octanol–water partition coefficient (Wildman–Crippen LogP) is 2.80. The fourth-order valence-electron chi connectivity index (χ4n) is 4.99. The Hall–Kier alpha value is -2.74. The third-order valence-corrected chi connectivity index (χ3v) is 7.25. The third kappa shape index (κ3) is 4.67. The summed E-state index contributed by atoms with van der Waals surface area (Å²) >= 11 is 0. The highest BCUT2D eigenvalue weighted by atomic mass is 19.1. The summed E-state index contributed by atoms with van der Waals surface area (Å²) in [5.74, 6) is 2.00. The van der Waals surface area contributed by atoms with E-state index in [1.54, 1.807) is 12.1 Å². The summed E-state index contributed by atoms with van der Waals surface area (Å²) in [6.07, 6.45) is 2.99. The summed E-state index contributed by atoms with van der Waals surface area (Å²) < 4.78 is 13.7. The van der Waals surface area contributed by atoms with Crippen LogP contribution < -0.4 is 9.80 Å². The van der Waals surface area contributed by atoms with Gasteiger partial charge in [-0.3, -0.25) is 4.79 Å². The van der Waals surface area contributed by atoms with Crippen molar-refractivity contribution in [3.05, 3.63) is 46.9 Å². The zero-order chi connectivity index (χ0) is 22.9. The minimum absolute atomic E-state index is 0.137. The normalized spacial score (nSPS) is 20.2. The first-order chi connectivity index (χ1) is 16.0. The number of piperidine rings is 1. The Morgan fingerprint density at radius 2 is 1.76 bits per heavy atom. The van der Waals surface area contributed by atoms with Crippen molar-refractivity contribution >= 4 is 17.7 Å². The minimum atomic E-state index is -0.387. The second-order valence-electron chi connectivity index (χ2n) is 9.72. The van der Waals surface area contributed by atoms with Gasteiger partial charge in [0.2, 0.25) is 5.95 Å². The number of fused-ring (bicyclic) bond motifs is 1. The molecule has 0 N–H and O–H groups in total. The molecule has 2 fully saturated rings. The second-order valence-corrected chi connectivity index (χ2v) is 9.72. The van der Waals surface area contributed by atoms with Crippen LogP contribution in [-0.2, 0) is 13.0 Å². The van der Waals surface area contributed by atoms with E-state index >= 15 is 0 Å². The zero-order valence-electron chi connectivity index (χ0n) is 19.6. The van der Waals surface area contributed by atoms with Gasteiger partial charge in [0.25, 0.3) is 5.91 Å². The molecule has 0 bridgehead atoms. The van der Waals surface area contributed by atoms with Gasteiger partial charge in [-0.15, -0.1) is 0 Å². The summed E-state index contributed by atoms with van der Waals surface area (Å²) in [5, 5.41) is 0. The molecule has 1 aromatic heterocycles. The van der Waals surface area contributed by atoms with Gasteiger partial charge in [0.05, 0.1) is 12.2 Å². The summed E-state index contributed by atoms with van der Waals surface area (Å²) in [4.78, 5) is 32.0.